The molecule has 0 heterocycles. The van der Waals surface area contributed by atoms with Crippen LogP contribution in [0.25, 0.3) is 0 Å². The van der Waals surface area contributed by atoms with Gasteiger partial charge in [-0.25, -0.2) is 8.42 Å². The molecule has 3 nitrogen and oxygen atoms in total. The Morgan fingerprint density at radius 3 is 2.24 bits per heavy atom. The third-order valence-electron chi connectivity index (χ3n) is 2.36. The number of carbonyl (C=O) groups is 1. The Morgan fingerprint density at radius 1 is 1.29 bits per heavy atom. The van der Waals surface area contributed by atoms with E-state index in [1.165, 1.54) is 18.2 Å². The maximum atomic E-state index is 11.7. The highest BCUT2D eigenvalue weighted by atomic mass is 32.2. The lowest BCUT2D eigenvalue weighted by atomic mass is 10.0. The highest BCUT2D eigenvalue weighted by Gasteiger charge is 2.14. The molecule has 0 aromatic heterocycles. The minimum Gasteiger partial charge on any atom is -0.294 e. The summed E-state index contributed by atoms with van der Waals surface area (Å²) in [5.74, 6) is -0.173. The van der Waals surface area contributed by atoms with Crippen LogP contribution >= 0.6 is 0 Å². The van der Waals surface area contributed by atoms with Crippen molar-refractivity contribution < 1.29 is 13.2 Å². The van der Waals surface area contributed by atoms with E-state index in [1.807, 2.05) is 13.8 Å². The van der Waals surface area contributed by atoms with Gasteiger partial charge in [0.1, 0.15) is 0 Å². The first-order valence-corrected chi connectivity index (χ1v) is 7.01. The van der Waals surface area contributed by atoms with Crippen LogP contribution in [0.4, 0.5) is 0 Å². The van der Waals surface area contributed by atoms with Crippen molar-refractivity contribution in [1.29, 1.82) is 0 Å². The first-order chi connectivity index (χ1) is 7.88. The molecule has 0 spiro atoms. The van der Waals surface area contributed by atoms with Crippen molar-refractivity contribution in [2.45, 2.75) is 18.7 Å². The lowest BCUT2D eigenvalue weighted by Gasteiger charge is -2.05. The Kier molecular flexibility index (Phi) is 4.23. The van der Waals surface area contributed by atoms with E-state index in [9.17, 15) is 13.2 Å². The van der Waals surface area contributed by atoms with Gasteiger partial charge in [0.05, 0.1) is 10.6 Å². The number of ketones is 1. The van der Waals surface area contributed by atoms with Crippen molar-refractivity contribution in [3.05, 3.63) is 42.5 Å². The zero-order chi connectivity index (χ0) is 13.1. The Bertz CT molecular complexity index is 510. The van der Waals surface area contributed by atoms with Crippen LogP contribution in [-0.4, -0.2) is 20.0 Å². The minimum absolute atomic E-state index is 0.0117. The van der Waals surface area contributed by atoms with Gasteiger partial charge in [-0.3, -0.25) is 4.79 Å². The fourth-order valence-electron chi connectivity index (χ4n) is 1.41. The zero-order valence-electron chi connectivity index (χ0n) is 10.0. The number of sulfone groups is 1. The first kappa shape index (κ1) is 13.6. The highest BCUT2D eigenvalue weighted by Crippen LogP contribution is 2.15. The maximum Gasteiger partial charge on any atom is 0.181 e. The standard InChI is InChI=1S/C13H16O3S/c1-4-9-17(15,16)12-7-5-11(6-8-12)13(14)10(2)3/h4-8,10H,1,9H2,2-3H3. The molecule has 0 atom stereocenters. The summed E-state index contributed by atoms with van der Waals surface area (Å²) >= 11 is 0. The van der Waals surface area contributed by atoms with Crippen molar-refractivity contribution in [2.24, 2.45) is 5.92 Å². The molecule has 4 heteroatoms. The number of benzene rings is 1. The molecule has 0 saturated carbocycles. The van der Waals surface area contributed by atoms with E-state index in [0.29, 0.717) is 5.56 Å². The molecule has 0 N–H and O–H groups in total. The Hall–Kier alpha value is -1.42. The Balaban J connectivity index is 3.04. The van der Waals surface area contributed by atoms with Gasteiger partial charge in [0.15, 0.2) is 15.6 Å². The van der Waals surface area contributed by atoms with Crippen LogP contribution in [0.15, 0.2) is 41.8 Å². The Morgan fingerprint density at radius 2 is 1.82 bits per heavy atom. The lowest BCUT2D eigenvalue weighted by molar-refractivity contribution is 0.0939. The SMILES string of the molecule is C=CCS(=O)(=O)c1ccc(C(=O)C(C)C)cc1. The zero-order valence-corrected chi connectivity index (χ0v) is 10.8. The van der Waals surface area contributed by atoms with E-state index in [-0.39, 0.29) is 22.3 Å². The molecule has 0 radical (unpaired) electrons. The molecule has 1 rings (SSSR count). The molecule has 0 fully saturated rings. The van der Waals surface area contributed by atoms with E-state index in [2.05, 4.69) is 6.58 Å². The first-order valence-electron chi connectivity index (χ1n) is 5.36. The molecule has 0 aliphatic heterocycles. The van der Waals surface area contributed by atoms with Crippen LogP contribution in [-0.2, 0) is 9.84 Å². The van der Waals surface area contributed by atoms with Crippen LogP contribution in [0.5, 0.6) is 0 Å². The van der Waals surface area contributed by atoms with Gasteiger partial charge >= 0.3 is 0 Å². The normalized spacial score (nSPS) is 11.5. The van der Waals surface area contributed by atoms with Gasteiger partial charge in [-0.1, -0.05) is 32.1 Å². The molecule has 0 unspecified atom stereocenters. The van der Waals surface area contributed by atoms with E-state index in [1.54, 1.807) is 12.1 Å². The van der Waals surface area contributed by atoms with Gasteiger partial charge in [-0.05, 0) is 12.1 Å². The van der Waals surface area contributed by atoms with Gasteiger partial charge in [0, 0.05) is 11.5 Å². The molecule has 17 heavy (non-hydrogen) atoms. The van der Waals surface area contributed by atoms with Crippen molar-refractivity contribution >= 4 is 15.6 Å². The summed E-state index contributed by atoms with van der Waals surface area (Å²) in [6.45, 7) is 7.03. The number of carbonyl (C=O) groups excluding carboxylic acids is 1. The van der Waals surface area contributed by atoms with Crippen molar-refractivity contribution in [1.82, 2.24) is 0 Å². The largest absolute Gasteiger partial charge is 0.294 e. The van der Waals surface area contributed by atoms with Crippen LogP contribution in [0.1, 0.15) is 24.2 Å². The summed E-state index contributed by atoms with van der Waals surface area (Å²) in [4.78, 5) is 11.9. The van der Waals surface area contributed by atoms with Crippen molar-refractivity contribution in [3.63, 3.8) is 0 Å². The summed E-state index contributed by atoms with van der Waals surface area (Å²) in [6, 6.07) is 6.04. The predicted octanol–water partition coefficient (Wildman–Crippen LogP) is 2.49. The molecular formula is C13H16O3S. The van der Waals surface area contributed by atoms with Gasteiger partial charge in [-0.2, -0.15) is 0 Å². The quantitative estimate of drug-likeness (QED) is 0.597. The number of hydrogen-bond acceptors (Lipinski definition) is 3. The average Bonchev–Trinajstić information content (AvgIpc) is 2.28. The average molecular weight is 252 g/mol. The second kappa shape index (κ2) is 5.27. The van der Waals surface area contributed by atoms with E-state index in [4.69, 9.17) is 0 Å². The van der Waals surface area contributed by atoms with E-state index >= 15 is 0 Å². The van der Waals surface area contributed by atoms with Gasteiger partial charge in [0.2, 0.25) is 0 Å². The van der Waals surface area contributed by atoms with Gasteiger partial charge < -0.3 is 0 Å². The molecule has 0 saturated heterocycles. The second-order valence-corrected chi connectivity index (χ2v) is 6.15. The summed E-state index contributed by atoms with van der Waals surface area (Å²) in [5, 5.41) is 0. The molecule has 0 aliphatic rings. The fraction of sp³-hybridized carbons (Fsp3) is 0.308. The smallest absolute Gasteiger partial charge is 0.181 e. The second-order valence-electron chi connectivity index (χ2n) is 4.11. The topological polar surface area (TPSA) is 51.2 Å². The number of Topliss-reactive ketones (excluding diaryl/α,β-unsaturated/α-hetero) is 1. The summed E-state index contributed by atoms with van der Waals surface area (Å²) in [7, 11) is -3.30. The van der Waals surface area contributed by atoms with Crippen LogP contribution in [0, 0.1) is 5.92 Å². The molecule has 0 amide bonds. The van der Waals surface area contributed by atoms with Crippen LogP contribution < -0.4 is 0 Å². The maximum absolute atomic E-state index is 11.7. The fourth-order valence-corrected chi connectivity index (χ4v) is 2.46. The molecule has 1 aromatic carbocycles. The monoisotopic (exact) mass is 252 g/mol. The molecule has 0 aliphatic carbocycles. The van der Waals surface area contributed by atoms with Gasteiger partial charge in [-0.15, -0.1) is 6.58 Å². The minimum atomic E-state index is -3.30. The molecule has 0 bridgehead atoms. The molecule has 1 aromatic rings. The molecular weight excluding hydrogens is 236 g/mol. The van der Waals surface area contributed by atoms with Crippen molar-refractivity contribution in [2.75, 3.05) is 5.75 Å². The van der Waals surface area contributed by atoms with E-state index < -0.39 is 9.84 Å². The third-order valence-corrected chi connectivity index (χ3v) is 4.02. The van der Waals surface area contributed by atoms with E-state index in [0.717, 1.165) is 0 Å². The summed E-state index contributed by atoms with van der Waals surface area (Å²) in [5.41, 5.74) is 0.539. The summed E-state index contributed by atoms with van der Waals surface area (Å²) in [6.07, 6.45) is 1.35. The third kappa shape index (κ3) is 3.27. The molecule has 92 valence electrons. The van der Waals surface area contributed by atoms with Crippen LogP contribution in [0.3, 0.4) is 0 Å². The predicted molar refractivity (Wildman–Crippen MR) is 67.9 cm³/mol. The highest BCUT2D eigenvalue weighted by molar-refractivity contribution is 7.91. The Labute approximate surface area is 102 Å². The number of rotatable bonds is 5. The lowest BCUT2D eigenvalue weighted by Crippen LogP contribution is -2.09. The summed E-state index contributed by atoms with van der Waals surface area (Å²) < 4.78 is 23.4. The van der Waals surface area contributed by atoms with Crippen LogP contribution in [0.2, 0.25) is 0 Å². The van der Waals surface area contributed by atoms with Crippen molar-refractivity contribution in [3.8, 4) is 0 Å². The van der Waals surface area contributed by atoms with Gasteiger partial charge in [0.25, 0.3) is 0 Å². The number of hydrogen-bond donors (Lipinski definition) is 0.